The summed E-state index contributed by atoms with van der Waals surface area (Å²) in [4.78, 5) is 31.3. The van der Waals surface area contributed by atoms with E-state index in [0.717, 1.165) is 58.4 Å². The molecule has 2 atom stereocenters. The molecule has 4 saturated heterocycles. The Morgan fingerprint density at radius 2 is 1.60 bits per heavy atom. The third-order valence-corrected chi connectivity index (χ3v) is 5.92. The van der Waals surface area contributed by atoms with Gasteiger partial charge in [0.1, 0.15) is 0 Å². The predicted molar refractivity (Wildman–Crippen MR) is 95.8 cm³/mol. The number of amides is 2. The molecule has 5 heteroatoms. The van der Waals surface area contributed by atoms with Crippen molar-refractivity contribution in [2.75, 3.05) is 32.7 Å². The minimum atomic E-state index is -0.284. The molecule has 5 nitrogen and oxygen atoms in total. The lowest BCUT2D eigenvalue weighted by molar-refractivity contribution is -0.151. The Kier molecular flexibility index (Phi) is 4.75. The highest BCUT2D eigenvalue weighted by atomic mass is 16.2. The first kappa shape index (κ1) is 16.6. The van der Waals surface area contributed by atoms with Crippen molar-refractivity contribution < 1.29 is 9.59 Å². The van der Waals surface area contributed by atoms with E-state index in [4.69, 9.17) is 0 Å². The number of nitrogens with zero attached hydrogens (tertiary/aromatic N) is 3. The first-order valence-electron chi connectivity index (χ1n) is 9.57. The molecule has 2 bridgehead atoms. The van der Waals surface area contributed by atoms with Crippen LogP contribution in [0.5, 0.6) is 0 Å². The van der Waals surface area contributed by atoms with E-state index in [1.807, 2.05) is 11.0 Å². The molecule has 4 heterocycles. The third-order valence-electron chi connectivity index (χ3n) is 5.92. The lowest BCUT2D eigenvalue weighted by Gasteiger charge is -2.36. The fourth-order valence-electron chi connectivity index (χ4n) is 4.55. The number of benzene rings is 1. The van der Waals surface area contributed by atoms with Crippen LogP contribution in [0.3, 0.4) is 0 Å². The number of piperidine rings is 1. The lowest BCUT2D eigenvalue weighted by Crippen LogP contribution is -2.47. The highest BCUT2D eigenvalue weighted by molar-refractivity contribution is 6.35. The van der Waals surface area contributed by atoms with Crippen LogP contribution in [0.15, 0.2) is 30.3 Å². The minimum absolute atomic E-state index is 0.277. The molecular formula is C20H27N3O2. The van der Waals surface area contributed by atoms with Gasteiger partial charge in [0, 0.05) is 45.3 Å². The van der Waals surface area contributed by atoms with Crippen molar-refractivity contribution in [3.63, 3.8) is 0 Å². The van der Waals surface area contributed by atoms with E-state index in [2.05, 4.69) is 29.2 Å². The molecule has 5 rings (SSSR count). The number of carbonyl (C=O) groups is 2. The summed E-state index contributed by atoms with van der Waals surface area (Å²) in [5.41, 5.74) is 1.32. The average molecular weight is 341 g/mol. The van der Waals surface area contributed by atoms with Gasteiger partial charge >= 0.3 is 11.8 Å². The van der Waals surface area contributed by atoms with Crippen molar-refractivity contribution in [3.8, 4) is 0 Å². The monoisotopic (exact) mass is 341 g/mol. The summed E-state index contributed by atoms with van der Waals surface area (Å²) >= 11 is 0. The summed E-state index contributed by atoms with van der Waals surface area (Å²) in [5, 5.41) is 0. The second kappa shape index (κ2) is 7.16. The second-order valence-corrected chi connectivity index (χ2v) is 7.72. The number of fused-ring (bicyclic) bond motifs is 4. The van der Waals surface area contributed by atoms with Crippen molar-refractivity contribution in [1.82, 2.24) is 14.7 Å². The van der Waals surface area contributed by atoms with Crippen molar-refractivity contribution in [2.24, 2.45) is 5.92 Å². The van der Waals surface area contributed by atoms with Gasteiger partial charge in [-0.15, -0.1) is 0 Å². The quantitative estimate of drug-likeness (QED) is 0.770. The fourth-order valence-corrected chi connectivity index (χ4v) is 4.55. The van der Waals surface area contributed by atoms with Crippen LogP contribution in [-0.2, 0) is 16.1 Å². The van der Waals surface area contributed by atoms with Crippen LogP contribution < -0.4 is 0 Å². The summed E-state index contributed by atoms with van der Waals surface area (Å²) in [5.74, 6) is -0.0773. The molecule has 0 aliphatic carbocycles. The topological polar surface area (TPSA) is 43.9 Å². The predicted octanol–water partition coefficient (Wildman–Crippen LogP) is 1.73. The fraction of sp³-hybridized carbons (Fsp3) is 0.600. The van der Waals surface area contributed by atoms with Gasteiger partial charge in [-0.1, -0.05) is 30.3 Å². The molecule has 134 valence electrons. The Morgan fingerprint density at radius 3 is 2.36 bits per heavy atom. The van der Waals surface area contributed by atoms with Gasteiger partial charge < -0.3 is 9.80 Å². The minimum Gasteiger partial charge on any atom is -0.334 e. The number of hydrogen-bond acceptors (Lipinski definition) is 3. The Labute approximate surface area is 149 Å². The molecule has 25 heavy (non-hydrogen) atoms. The van der Waals surface area contributed by atoms with E-state index in [-0.39, 0.29) is 11.8 Å². The van der Waals surface area contributed by atoms with E-state index in [9.17, 15) is 9.59 Å². The van der Waals surface area contributed by atoms with Crippen molar-refractivity contribution in [2.45, 2.75) is 38.3 Å². The molecule has 2 amide bonds. The number of likely N-dealkylation sites (tertiary alicyclic amines) is 1. The Balaban J connectivity index is 1.43. The maximum Gasteiger partial charge on any atom is 0.312 e. The molecule has 4 fully saturated rings. The van der Waals surface area contributed by atoms with Gasteiger partial charge in [-0.2, -0.15) is 0 Å². The molecule has 0 aromatic heterocycles. The smallest absolute Gasteiger partial charge is 0.312 e. The highest BCUT2D eigenvalue weighted by Crippen LogP contribution is 2.29. The molecule has 0 spiro atoms. The zero-order chi connectivity index (χ0) is 17.2. The molecule has 4 aliphatic heterocycles. The Bertz CT molecular complexity index is 627. The number of carbonyl (C=O) groups excluding carboxylic acids is 2. The zero-order valence-electron chi connectivity index (χ0n) is 14.8. The summed E-state index contributed by atoms with van der Waals surface area (Å²) in [6.45, 7) is 4.88. The van der Waals surface area contributed by atoms with Crippen LogP contribution in [-0.4, -0.2) is 65.3 Å². The van der Waals surface area contributed by atoms with E-state index < -0.39 is 0 Å². The molecule has 0 saturated carbocycles. The summed E-state index contributed by atoms with van der Waals surface area (Å²) in [7, 11) is 0. The van der Waals surface area contributed by atoms with Gasteiger partial charge in [0.25, 0.3) is 0 Å². The van der Waals surface area contributed by atoms with Gasteiger partial charge in [-0.3, -0.25) is 14.5 Å². The molecule has 0 radical (unpaired) electrons. The first-order chi connectivity index (χ1) is 12.2. The van der Waals surface area contributed by atoms with E-state index in [1.165, 1.54) is 5.56 Å². The SMILES string of the molecule is O=C(C(=O)N1C[C@H]2CC[C@@H](C1)N(Cc1ccccc1)C2)N1CCCC1. The van der Waals surface area contributed by atoms with Crippen LogP contribution in [0.4, 0.5) is 0 Å². The average Bonchev–Trinajstić information content (AvgIpc) is 3.03. The van der Waals surface area contributed by atoms with E-state index >= 15 is 0 Å². The van der Waals surface area contributed by atoms with Gasteiger partial charge in [-0.05, 0) is 37.2 Å². The first-order valence-corrected chi connectivity index (χ1v) is 9.57. The van der Waals surface area contributed by atoms with Crippen LogP contribution in [0.25, 0.3) is 0 Å². The number of rotatable bonds is 2. The van der Waals surface area contributed by atoms with Gasteiger partial charge in [0.2, 0.25) is 0 Å². The molecule has 0 N–H and O–H groups in total. The van der Waals surface area contributed by atoms with Crippen LogP contribution in [0.2, 0.25) is 0 Å². The van der Waals surface area contributed by atoms with Gasteiger partial charge in [0.05, 0.1) is 0 Å². The molecule has 1 aromatic rings. The van der Waals surface area contributed by atoms with Crippen molar-refractivity contribution in [3.05, 3.63) is 35.9 Å². The third kappa shape index (κ3) is 3.56. The summed E-state index contributed by atoms with van der Waals surface area (Å²) in [6, 6.07) is 10.9. The summed E-state index contributed by atoms with van der Waals surface area (Å²) in [6.07, 6.45) is 4.33. The maximum absolute atomic E-state index is 12.7. The van der Waals surface area contributed by atoms with Crippen LogP contribution in [0.1, 0.15) is 31.2 Å². The van der Waals surface area contributed by atoms with Crippen molar-refractivity contribution >= 4 is 11.8 Å². The zero-order valence-corrected chi connectivity index (χ0v) is 14.8. The Morgan fingerprint density at radius 1 is 0.880 bits per heavy atom. The molecular weight excluding hydrogens is 314 g/mol. The lowest BCUT2D eigenvalue weighted by atomic mass is 9.94. The molecule has 4 aliphatic rings. The van der Waals surface area contributed by atoms with Crippen LogP contribution in [0, 0.1) is 5.92 Å². The van der Waals surface area contributed by atoms with Crippen LogP contribution >= 0.6 is 0 Å². The molecule has 0 unspecified atom stereocenters. The largest absolute Gasteiger partial charge is 0.334 e. The molecule has 1 aromatic carbocycles. The van der Waals surface area contributed by atoms with E-state index in [0.29, 0.717) is 18.5 Å². The standard InChI is InChI=1S/C20H27N3O2/c24-19(21-10-4-5-11-21)20(25)23-14-17-8-9-18(15-23)22(13-17)12-16-6-2-1-3-7-16/h1-3,6-7,17-18H,4-5,8-15H2/t17-,18-/m0/s1. The van der Waals surface area contributed by atoms with Crippen molar-refractivity contribution in [1.29, 1.82) is 0 Å². The number of hydrogen-bond donors (Lipinski definition) is 0. The maximum atomic E-state index is 12.7. The Hall–Kier alpha value is -1.88. The van der Waals surface area contributed by atoms with E-state index in [1.54, 1.807) is 4.90 Å². The summed E-state index contributed by atoms with van der Waals surface area (Å²) < 4.78 is 0. The second-order valence-electron chi connectivity index (χ2n) is 7.72. The van der Waals surface area contributed by atoms with Gasteiger partial charge in [0.15, 0.2) is 0 Å². The van der Waals surface area contributed by atoms with Gasteiger partial charge in [-0.25, -0.2) is 0 Å². The highest BCUT2D eigenvalue weighted by Gasteiger charge is 2.39. The normalized spacial score (nSPS) is 26.7.